The van der Waals surface area contributed by atoms with Crippen molar-refractivity contribution in [3.63, 3.8) is 0 Å². The summed E-state index contributed by atoms with van der Waals surface area (Å²) < 4.78 is 0. The van der Waals surface area contributed by atoms with Gasteiger partial charge >= 0.3 is 0 Å². The first-order chi connectivity index (χ1) is 10.2. The van der Waals surface area contributed by atoms with E-state index in [1.54, 1.807) is 0 Å². The minimum absolute atomic E-state index is 0.0845. The molecule has 1 amide bonds. The third kappa shape index (κ3) is 2.64. The van der Waals surface area contributed by atoms with Crippen molar-refractivity contribution in [3.05, 3.63) is 58.7 Å². The summed E-state index contributed by atoms with van der Waals surface area (Å²) in [7, 11) is 0. The summed E-state index contributed by atoms with van der Waals surface area (Å²) in [5.74, 6) is -0.0845. The Kier molecular flexibility index (Phi) is 3.65. The topological polar surface area (TPSA) is 55.1 Å². The molecule has 0 bridgehead atoms. The summed E-state index contributed by atoms with van der Waals surface area (Å²) in [6.07, 6.45) is 4.58. The summed E-state index contributed by atoms with van der Waals surface area (Å²) in [6.45, 7) is 1.88. The van der Waals surface area contributed by atoms with Crippen LogP contribution in [0.5, 0.6) is 0 Å². The number of carbonyl (C=O) groups excluding carboxylic acids is 1. The van der Waals surface area contributed by atoms with E-state index in [0.717, 1.165) is 24.1 Å². The Morgan fingerprint density at radius 3 is 2.71 bits per heavy atom. The Hall–Kier alpha value is -2.29. The second-order valence-corrected chi connectivity index (χ2v) is 5.62. The first kappa shape index (κ1) is 13.7. The number of nitrogens with two attached hydrogens (primary N) is 1. The van der Waals surface area contributed by atoms with Crippen LogP contribution in [0.1, 0.15) is 39.9 Å². The molecular formula is C18H20N2O. The normalized spacial score (nSPS) is 13.6. The quantitative estimate of drug-likeness (QED) is 0.824. The monoisotopic (exact) mass is 280 g/mol. The van der Waals surface area contributed by atoms with E-state index in [0.29, 0.717) is 11.3 Å². The van der Waals surface area contributed by atoms with Gasteiger partial charge in [-0.2, -0.15) is 0 Å². The molecule has 3 N–H and O–H groups in total. The molecule has 0 heterocycles. The molecule has 1 aliphatic rings. The summed E-state index contributed by atoms with van der Waals surface area (Å²) >= 11 is 0. The molecule has 3 heteroatoms. The lowest BCUT2D eigenvalue weighted by atomic mass is 9.90. The molecule has 21 heavy (non-hydrogen) atoms. The van der Waals surface area contributed by atoms with Crippen molar-refractivity contribution in [3.8, 4) is 0 Å². The second-order valence-electron chi connectivity index (χ2n) is 5.62. The van der Waals surface area contributed by atoms with Gasteiger partial charge in [0.25, 0.3) is 5.91 Å². The smallest absolute Gasteiger partial charge is 0.256 e. The number of hydrogen-bond donors (Lipinski definition) is 2. The molecular weight excluding hydrogens is 260 g/mol. The fraction of sp³-hybridized carbons (Fsp3) is 0.278. The van der Waals surface area contributed by atoms with E-state index < -0.39 is 0 Å². The number of aryl methyl sites for hydroxylation is 1. The molecule has 1 aliphatic carbocycles. The number of fused-ring (bicyclic) bond motifs is 1. The summed E-state index contributed by atoms with van der Waals surface area (Å²) in [4.78, 5) is 12.5. The minimum atomic E-state index is -0.0845. The third-order valence-electron chi connectivity index (χ3n) is 4.26. The highest BCUT2D eigenvalue weighted by molar-refractivity contribution is 6.06. The van der Waals surface area contributed by atoms with Gasteiger partial charge in [-0.25, -0.2) is 0 Å². The Balaban J connectivity index is 1.90. The largest absolute Gasteiger partial charge is 0.398 e. The second kappa shape index (κ2) is 5.60. The van der Waals surface area contributed by atoms with E-state index in [1.807, 2.05) is 37.3 Å². The molecule has 108 valence electrons. The summed E-state index contributed by atoms with van der Waals surface area (Å²) in [5.41, 5.74) is 11.6. The SMILES string of the molecule is Cc1c(N)cccc1C(=O)Nc1cccc2c1CCCC2. The van der Waals surface area contributed by atoms with Crippen molar-refractivity contribution in [1.29, 1.82) is 0 Å². The maximum Gasteiger partial charge on any atom is 0.256 e. The van der Waals surface area contributed by atoms with Crippen molar-refractivity contribution in [2.24, 2.45) is 0 Å². The number of carbonyl (C=O) groups is 1. The van der Waals surface area contributed by atoms with Gasteiger partial charge in [0.1, 0.15) is 0 Å². The van der Waals surface area contributed by atoms with Crippen LogP contribution < -0.4 is 11.1 Å². The Morgan fingerprint density at radius 2 is 1.86 bits per heavy atom. The summed E-state index contributed by atoms with van der Waals surface area (Å²) in [5, 5.41) is 3.06. The molecule has 0 atom stereocenters. The van der Waals surface area contributed by atoms with Crippen LogP contribution >= 0.6 is 0 Å². The Labute approximate surface area is 125 Å². The van der Waals surface area contributed by atoms with Gasteiger partial charge in [0.15, 0.2) is 0 Å². The van der Waals surface area contributed by atoms with Gasteiger partial charge in [0, 0.05) is 16.9 Å². The van der Waals surface area contributed by atoms with E-state index >= 15 is 0 Å². The maximum absolute atomic E-state index is 12.5. The van der Waals surface area contributed by atoms with Gasteiger partial charge in [0.2, 0.25) is 0 Å². The molecule has 0 unspecified atom stereocenters. The zero-order chi connectivity index (χ0) is 14.8. The number of nitrogen functional groups attached to an aromatic ring is 1. The van der Waals surface area contributed by atoms with E-state index in [9.17, 15) is 4.79 Å². The standard InChI is InChI=1S/C18H20N2O/c1-12-14(9-5-10-16(12)19)18(21)20-17-11-4-7-13-6-2-3-8-15(13)17/h4-5,7,9-11H,2-3,6,8,19H2,1H3,(H,20,21). The average Bonchev–Trinajstić information content (AvgIpc) is 2.50. The van der Waals surface area contributed by atoms with Crippen molar-refractivity contribution in [2.45, 2.75) is 32.6 Å². The lowest BCUT2D eigenvalue weighted by Crippen LogP contribution is -2.16. The molecule has 2 aromatic carbocycles. The highest BCUT2D eigenvalue weighted by Gasteiger charge is 2.16. The molecule has 2 aromatic rings. The lowest BCUT2D eigenvalue weighted by molar-refractivity contribution is 0.102. The minimum Gasteiger partial charge on any atom is -0.398 e. The molecule has 3 rings (SSSR count). The number of anilines is 2. The van der Waals surface area contributed by atoms with E-state index in [-0.39, 0.29) is 5.91 Å². The van der Waals surface area contributed by atoms with Crippen LogP contribution in [0.25, 0.3) is 0 Å². The summed E-state index contributed by atoms with van der Waals surface area (Å²) in [6, 6.07) is 11.6. The Bertz CT molecular complexity index is 692. The van der Waals surface area contributed by atoms with Gasteiger partial charge < -0.3 is 11.1 Å². The van der Waals surface area contributed by atoms with Crippen LogP contribution in [0.2, 0.25) is 0 Å². The van der Waals surface area contributed by atoms with E-state index in [2.05, 4.69) is 11.4 Å². The number of hydrogen-bond acceptors (Lipinski definition) is 2. The fourth-order valence-corrected chi connectivity index (χ4v) is 2.99. The molecule has 3 nitrogen and oxygen atoms in total. The first-order valence-electron chi connectivity index (χ1n) is 7.44. The fourth-order valence-electron chi connectivity index (χ4n) is 2.99. The van der Waals surface area contributed by atoms with Crippen molar-refractivity contribution in [1.82, 2.24) is 0 Å². The lowest BCUT2D eigenvalue weighted by Gasteiger charge is -2.20. The molecule has 0 radical (unpaired) electrons. The first-order valence-corrected chi connectivity index (χ1v) is 7.44. The molecule has 0 fully saturated rings. The number of nitrogens with one attached hydrogen (secondary N) is 1. The zero-order valence-electron chi connectivity index (χ0n) is 12.3. The number of amides is 1. The van der Waals surface area contributed by atoms with Crippen LogP contribution in [0, 0.1) is 6.92 Å². The highest BCUT2D eigenvalue weighted by Crippen LogP contribution is 2.28. The van der Waals surface area contributed by atoms with Crippen molar-refractivity contribution < 1.29 is 4.79 Å². The molecule has 0 saturated carbocycles. The van der Waals surface area contributed by atoms with Crippen LogP contribution in [0.15, 0.2) is 36.4 Å². The maximum atomic E-state index is 12.5. The third-order valence-corrected chi connectivity index (χ3v) is 4.26. The van der Waals surface area contributed by atoms with Gasteiger partial charge in [-0.05, 0) is 67.5 Å². The average molecular weight is 280 g/mol. The van der Waals surface area contributed by atoms with Gasteiger partial charge in [0.05, 0.1) is 0 Å². The highest BCUT2D eigenvalue weighted by atomic mass is 16.1. The van der Waals surface area contributed by atoms with Crippen LogP contribution in [0.3, 0.4) is 0 Å². The molecule has 0 spiro atoms. The number of rotatable bonds is 2. The van der Waals surface area contributed by atoms with E-state index in [4.69, 9.17) is 5.73 Å². The molecule has 0 saturated heterocycles. The van der Waals surface area contributed by atoms with Gasteiger partial charge in [-0.1, -0.05) is 18.2 Å². The van der Waals surface area contributed by atoms with Crippen LogP contribution in [-0.4, -0.2) is 5.91 Å². The zero-order valence-corrected chi connectivity index (χ0v) is 12.3. The Morgan fingerprint density at radius 1 is 1.10 bits per heavy atom. The van der Waals surface area contributed by atoms with Gasteiger partial charge in [-0.3, -0.25) is 4.79 Å². The van der Waals surface area contributed by atoms with Crippen molar-refractivity contribution in [2.75, 3.05) is 11.1 Å². The van der Waals surface area contributed by atoms with Crippen LogP contribution in [-0.2, 0) is 12.8 Å². The number of benzene rings is 2. The molecule has 0 aromatic heterocycles. The van der Waals surface area contributed by atoms with Gasteiger partial charge in [-0.15, -0.1) is 0 Å². The molecule has 0 aliphatic heterocycles. The van der Waals surface area contributed by atoms with E-state index in [1.165, 1.54) is 24.0 Å². The predicted octanol–water partition coefficient (Wildman–Crippen LogP) is 3.71. The van der Waals surface area contributed by atoms with Crippen molar-refractivity contribution >= 4 is 17.3 Å². The predicted molar refractivity (Wildman–Crippen MR) is 86.6 cm³/mol. The van der Waals surface area contributed by atoms with Crippen LogP contribution in [0.4, 0.5) is 11.4 Å².